The number of amides is 2. The predicted molar refractivity (Wildman–Crippen MR) is 97.9 cm³/mol. The molecule has 25 heavy (non-hydrogen) atoms. The number of anilines is 1. The molecule has 0 saturated heterocycles. The zero-order valence-corrected chi connectivity index (χ0v) is 14.5. The topological polar surface area (TPSA) is 70.7 Å². The van der Waals surface area contributed by atoms with Crippen molar-refractivity contribution in [1.82, 2.24) is 10.2 Å². The van der Waals surface area contributed by atoms with E-state index in [4.69, 9.17) is 4.74 Å². The Morgan fingerprint density at radius 3 is 2.52 bits per heavy atom. The van der Waals surface area contributed by atoms with E-state index in [0.717, 1.165) is 6.54 Å². The lowest BCUT2D eigenvalue weighted by atomic mass is 10.2. The van der Waals surface area contributed by atoms with Gasteiger partial charge >= 0.3 is 0 Å². The van der Waals surface area contributed by atoms with E-state index in [1.165, 1.54) is 0 Å². The van der Waals surface area contributed by atoms with Crippen molar-refractivity contribution in [2.24, 2.45) is 0 Å². The normalized spacial score (nSPS) is 10.4. The first-order valence-corrected chi connectivity index (χ1v) is 8.05. The SMILES string of the molecule is CN(C)CCNC(=O)c1cccc(NC(=O)COc2ccccc2)c1. The van der Waals surface area contributed by atoms with Crippen LogP contribution in [0.3, 0.4) is 0 Å². The van der Waals surface area contributed by atoms with E-state index in [-0.39, 0.29) is 18.4 Å². The van der Waals surface area contributed by atoms with E-state index in [9.17, 15) is 9.59 Å². The van der Waals surface area contributed by atoms with Gasteiger partial charge in [-0.2, -0.15) is 0 Å². The van der Waals surface area contributed by atoms with E-state index in [0.29, 0.717) is 23.5 Å². The molecular formula is C19H23N3O3. The summed E-state index contributed by atoms with van der Waals surface area (Å²) < 4.78 is 5.40. The first-order valence-electron chi connectivity index (χ1n) is 8.05. The number of hydrogen-bond acceptors (Lipinski definition) is 4. The average Bonchev–Trinajstić information content (AvgIpc) is 2.61. The minimum absolute atomic E-state index is 0.0940. The Bertz CT molecular complexity index is 702. The second kappa shape index (κ2) is 9.44. The summed E-state index contributed by atoms with van der Waals surface area (Å²) in [6, 6.07) is 15.9. The third-order valence-electron chi connectivity index (χ3n) is 3.37. The number of nitrogens with one attached hydrogen (secondary N) is 2. The number of benzene rings is 2. The van der Waals surface area contributed by atoms with Gasteiger partial charge in [0.2, 0.25) is 0 Å². The molecule has 2 N–H and O–H groups in total. The predicted octanol–water partition coefficient (Wildman–Crippen LogP) is 2.00. The highest BCUT2D eigenvalue weighted by molar-refractivity contribution is 5.97. The first-order chi connectivity index (χ1) is 12.0. The third kappa shape index (κ3) is 6.64. The van der Waals surface area contributed by atoms with Crippen LogP contribution in [0.2, 0.25) is 0 Å². The van der Waals surface area contributed by atoms with Crippen LogP contribution in [0.4, 0.5) is 5.69 Å². The summed E-state index contributed by atoms with van der Waals surface area (Å²) in [6.07, 6.45) is 0. The van der Waals surface area contributed by atoms with Crippen LogP contribution >= 0.6 is 0 Å². The van der Waals surface area contributed by atoms with Crippen molar-refractivity contribution < 1.29 is 14.3 Å². The van der Waals surface area contributed by atoms with E-state index in [1.54, 1.807) is 36.4 Å². The molecule has 132 valence electrons. The van der Waals surface area contributed by atoms with Crippen LogP contribution in [-0.4, -0.2) is 50.5 Å². The Morgan fingerprint density at radius 2 is 1.80 bits per heavy atom. The number of carbonyl (C=O) groups excluding carboxylic acids is 2. The van der Waals surface area contributed by atoms with Crippen molar-refractivity contribution >= 4 is 17.5 Å². The zero-order chi connectivity index (χ0) is 18.1. The van der Waals surface area contributed by atoms with Crippen molar-refractivity contribution in [3.63, 3.8) is 0 Å². The molecule has 2 aromatic rings. The van der Waals surface area contributed by atoms with Crippen molar-refractivity contribution in [1.29, 1.82) is 0 Å². The minimum Gasteiger partial charge on any atom is -0.484 e. The molecular weight excluding hydrogens is 318 g/mol. The molecule has 0 bridgehead atoms. The van der Waals surface area contributed by atoms with Crippen LogP contribution in [0.25, 0.3) is 0 Å². The van der Waals surface area contributed by atoms with Crippen LogP contribution in [-0.2, 0) is 4.79 Å². The molecule has 0 unspecified atom stereocenters. The van der Waals surface area contributed by atoms with Gasteiger partial charge in [-0.1, -0.05) is 24.3 Å². The summed E-state index contributed by atoms with van der Waals surface area (Å²) in [5.41, 5.74) is 1.06. The van der Waals surface area contributed by atoms with Gasteiger partial charge in [0.1, 0.15) is 5.75 Å². The molecule has 0 aliphatic heterocycles. The van der Waals surface area contributed by atoms with Crippen molar-refractivity contribution in [2.45, 2.75) is 0 Å². The zero-order valence-electron chi connectivity index (χ0n) is 14.5. The Labute approximate surface area is 147 Å². The lowest BCUT2D eigenvalue weighted by Gasteiger charge is -2.11. The molecule has 2 rings (SSSR count). The summed E-state index contributed by atoms with van der Waals surface area (Å²) in [7, 11) is 3.89. The Kier molecular flexibility index (Phi) is 6.98. The molecule has 0 fully saturated rings. The molecule has 6 nitrogen and oxygen atoms in total. The summed E-state index contributed by atoms with van der Waals surface area (Å²) >= 11 is 0. The van der Waals surface area contributed by atoms with Gasteiger partial charge in [0.15, 0.2) is 6.61 Å². The quantitative estimate of drug-likeness (QED) is 0.770. The molecule has 0 atom stereocenters. The van der Waals surface area contributed by atoms with Gasteiger partial charge in [-0.3, -0.25) is 9.59 Å². The lowest BCUT2D eigenvalue weighted by Crippen LogP contribution is -2.31. The minimum atomic E-state index is -0.283. The second-order valence-corrected chi connectivity index (χ2v) is 5.79. The number of ether oxygens (including phenoxy) is 1. The monoisotopic (exact) mass is 341 g/mol. The Morgan fingerprint density at radius 1 is 1.04 bits per heavy atom. The molecule has 0 radical (unpaired) electrons. The van der Waals surface area contributed by atoms with Crippen LogP contribution in [0.5, 0.6) is 5.75 Å². The molecule has 0 heterocycles. The van der Waals surface area contributed by atoms with Crippen molar-refractivity contribution in [3.05, 3.63) is 60.2 Å². The van der Waals surface area contributed by atoms with Gasteiger partial charge in [0.05, 0.1) is 0 Å². The van der Waals surface area contributed by atoms with Crippen molar-refractivity contribution in [3.8, 4) is 5.75 Å². The number of hydrogen-bond donors (Lipinski definition) is 2. The molecule has 0 saturated carbocycles. The van der Waals surface area contributed by atoms with Gasteiger partial charge in [-0.15, -0.1) is 0 Å². The van der Waals surface area contributed by atoms with E-state index in [1.807, 2.05) is 37.2 Å². The molecule has 2 aromatic carbocycles. The molecule has 0 aliphatic carbocycles. The Balaban J connectivity index is 1.85. The van der Waals surface area contributed by atoms with Gasteiger partial charge in [0, 0.05) is 24.3 Å². The van der Waals surface area contributed by atoms with Crippen molar-refractivity contribution in [2.75, 3.05) is 39.1 Å². The molecule has 0 aromatic heterocycles. The average molecular weight is 341 g/mol. The van der Waals surface area contributed by atoms with Crippen LogP contribution in [0, 0.1) is 0 Å². The second-order valence-electron chi connectivity index (χ2n) is 5.79. The molecule has 2 amide bonds. The van der Waals surface area contributed by atoms with Gasteiger partial charge in [0.25, 0.3) is 11.8 Å². The standard InChI is InChI=1S/C19H23N3O3/c1-22(2)12-11-20-19(24)15-7-6-8-16(13-15)21-18(23)14-25-17-9-4-3-5-10-17/h3-10,13H,11-12,14H2,1-2H3,(H,20,24)(H,21,23). The van der Waals surface area contributed by atoms with E-state index >= 15 is 0 Å². The number of rotatable bonds is 8. The highest BCUT2D eigenvalue weighted by Crippen LogP contribution is 2.12. The molecule has 0 spiro atoms. The smallest absolute Gasteiger partial charge is 0.262 e. The fourth-order valence-corrected chi connectivity index (χ4v) is 2.10. The third-order valence-corrected chi connectivity index (χ3v) is 3.37. The molecule has 0 aliphatic rings. The summed E-state index contributed by atoms with van der Waals surface area (Å²) in [4.78, 5) is 26.1. The number of likely N-dealkylation sites (N-methyl/N-ethyl adjacent to an activating group) is 1. The molecule has 6 heteroatoms. The van der Waals surface area contributed by atoms with Crippen LogP contribution in [0.15, 0.2) is 54.6 Å². The highest BCUT2D eigenvalue weighted by Gasteiger charge is 2.08. The summed E-state index contributed by atoms with van der Waals surface area (Å²) in [5, 5.41) is 5.57. The maximum Gasteiger partial charge on any atom is 0.262 e. The fourth-order valence-electron chi connectivity index (χ4n) is 2.10. The Hall–Kier alpha value is -2.86. The van der Waals surface area contributed by atoms with Crippen LogP contribution in [0.1, 0.15) is 10.4 Å². The lowest BCUT2D eigenvalue weighted by molar-refractivity contribution is -0.118. The number of nitrogens with zero attached hydrogens (tertiary/aromatic N) is 1. The highest BCUT2D eigenvalue weighted by atomic mass is 16.5. The van der Waals surface area contributed by atoms with Gasteiger partial charge in [-0.05, 0) is 44.4 Å². The fraction of sp³-hybridized carbons (Fsp3) is 0.263. The van der Waals surface area contributed by atoms with Gasteiger partial charge < -0.3 is 20.3 Å². The summed E-state index contributed by atoms with van der Waals surface area (Å²) in [5.74, 6) is 0.180. The maximum atomic E-state index is 12.1. The largest absolute Gasteiger partial charge is 0.484 e. The number of carbonyl (C=O) groups is 2. The maximum absolute atomic E-state index is 12.1. The summed E-state index contributed by atoms with van der Waals surface area (Å²) in [6.45, 7) is 1.23. The first kappa shape index (κ1) is 18.5. The van der Waals surface area contributed by atoms with Gasteiger partial charge in [-0.25, -0.2) is 0 Å². The number of para-hydroxylation sites is 1. The van der Waals surface area contributed by atoms with E-state index in [2.05, 4.69) is 10.6 Å². The van der Waals surface area contributed by atoms with E-state index < -0.39 is 0 Å². The van der Waals surface area contributed by atoms with Crippen LogP contribution < -0.4 is 15.4 Å².